The number of sulfonamides is 1. The second kappa shape index (κ2) is 4.62. The fourth-order valence-corrected chi connectivity index (χ4v) is 2.99. The average Bonchev–Trinajstić information content (AvgIpc) is 2.13. The average molecular weight is 258 g/mol. The van der Waals surface area contributed by atoms with Crippen molar-refractivity contribution in [3.05, 3.63) is 24.0 Å². The van der Waals surface area contributed by atoms with Crippen molar-refractivity contribution in [3.63, 3.8) is 0 Å². The van der Waals surface area contributed by atoms with E-state index in [1.54, 1.807) is 0 Å². The van der Waals surface area contributed by atoms with Crippen LogP contribution in [0.3, 0.4) is 0 Å². The van der Waals surface area contributed by atoms with Gasteiger partial charge in [0.1, 0.15) is 10.7 Å². The van der Waals surface area contributed by atoms with Crippen molar-refractivity contribution in [2.75, 3.05) is 12.3 Å². The van der Waals surface area contributed by atoms with Crippen LogP contribution < -0.4 is 10.5 Å². The van der Waals surface area contributed by atoms with Gasteiger partial charge in [-0.25, -0.2) is 17.5 Å². The third-order valence-electron chi connectivity index (χ3n) is 3.05. The maximum Gasteiger partial charge on any atom is 0.242 e. The van der Waals surface area contributed by atoms with Gasteiger partial charge in [0.15, 0.2) is 0 Å². The molecule has 2 rings (SSSR count). The number of nitrogen functional groups attached to an aromatic ring is 1. The molecule has 0 aromatic heterocycles. The Hall–Kier alpha value is -1.14. The van der Waals surface area contributed by atoms with Crippen molar-refractivity contribution in [3.8, 4) is 0 Å². The van der Waals surface area contributed by atoms with Gasteiger partial charge >= 0.3 is 0 Å². The molecule has 6 heteroatoms. The number of rotatable bonds is 4. The number of benzene rings is 1. The number of hydrogen-bond acceptors (Lipinski definition) is 3. The summed E-state index contributed by atoms with van der Waals surface area (Å²) in [6.45, 7) is 0.430. The lowest BCUT2D eigenvalue weighted by atomic mass is 9.86. The Morgan fingerprint density at radius 1 is 1.41 bits per heavy atom. The molecule has 94 valence electrons. The molecule has 0 heterocycles. The molecule has 0 aliphatic heterocycles. The van der Waals surface area contributed by atoms with E-state index < -0.39 is 15.8 Å². The molecule has 1 aliphatic rings. The third-order valence-corrected chi connectivity index (χ3v) is 4.55. The van der Waals surface area contributed by atoms with E-state index in [1.807, 2.05) is 0 Å². The molecule has 17 heavy (non-hydrogen) atoms. The van der Waals surface area contributed by atoms with Crippen molar-refractivity contribution >= 4 is 15.7 Å². The first-order valence-corrected chi connectivity index (χ1v) is 7.02. The topological polar surface area (TPSA) is 72.2 Å². The fraction of sp³-hybridized carbons (Fsp3) is 0.455. The van der Waals surface area contributed by atoms with Crippen LogP contribution in [0.2, 0.25) is 0 Å². The molecular weight excluding hydrogens is 243 g/mol. The fourth-order valence-electron chi connectivity index (χ4n) is 1.77. The van der Waals surface area contributed by atoms with Crippen LogP contribution >= 0.6 is 0 Å². The standard InChI is InChI=1S/C11H15FN2O2S/c12-9-4-5-11(10(13)6-9)17(15,16)14-7-8-2-1-3-8/h4-6,8,14H,1-3,7,13H2. The molecule has 0 amide bonds. The zero-order chi connectivity index (χ0) is 12.5. The second-order valence-electron chi connectivity index (χ2n) is 4.33. The molecule has 1 aromatic carbocycles. The zero-order valence-electron chi connectivity index (χ0n) is 9.32. The second-order valence-corrected chi connectivity index (χ2v) is 6.07. The van der Waals surface area contributed by atoms with Gasteiger partial charge in [-0.15, -0.1) is 0 Å². The van der Waals surface area contributed by atoms with Gasteiger partial charge in [0, 0.05) is 6.54 Å². The van der Waals surface area contributed by atoms with Crippen LogP contribution in [0.5, 0.6) is 0 Å². The first kappa shape index (κ1) is 12.3. The van der Waals surface area contributed by atoms with Crippen molar-refractivity contribution in [2.24, 2.45) is 5.92 Å². The van der Waals surface area contributed by atoms with Gasteiger partial charge in [-0.2, -0.15) is 0 Å². The molecule has 0 atom stereocenters. The predicted octanol–water partition coefficient (Wildman–Crippen LogP) is 1.49. The first-order valence-electron chi connectivity index (χ1n) is 5.54. The summed E-state index contributed by atoms with van der Waals surface area (Å²) in [5, 5.41) is 0. The van der Waals surface area contributed by atoms with Crippen LogP contribution in [0.25, 0.3) is 0 Å². The SMILES string of the molecule is Nc1cc(F)ccc1S(=O)(=O)NCC1CCC1. The van der Waals surface area contributed by atoms with Gasteiger partial charge in [0.25, 0.3) is 0 Å². The summed E-state index contributed by atoms with van der Waals surface area (Å²) in [5.41, 5.74) is 5.44. The van der Waals surface area contributed by atoms with Gasteiger partial charge in [-0.1, -0.05) is 6.42 Å². The van der Waals surface area contributed by atoms with Gasteiger partial charge in [0.2, 0.25) is 10.0 Å². The van der Waals surface area contributed by atoms with Crippen LogP contribution in [0.15, 0.2) is 23.1 Å². The van der Waals surface area contributed by atoms with Crippen LogP contribution in [0.4, 0.5) is 10.1 Å². The minimum absolute atomic E-state index is 0.0572. The van der Waals surface area contributed by atoms with E-state index in [0.717, 1.165) is 31.4 Å². The molecular formula is C11H15FN2O2S. The van der Waals surface area contributed by atoms with E-state index in [4.69, 9.17) is 5.73 Å². The Balaban J connectivity index is 2.12. The summed E-state index contributed by atoms with van der Waals surface area (Å²) >= 11 is 0. The van der Waals surface area contributed by atoms with Crippen molar-refractivity contribution in [2.45, 2.75) is 24.2 Å². The van der Waals surface area contributed by atoms with Crippen LogP contribution in [0.1, 0.15) is 19.3 Å². The maximum atomic E-state index is 12.8. The Kier molecular flexibility index (Phi) is 3.35. The summed E-state index contributed by atoms with van der Waals surface area (Å²) in [4.78, 5) is -0.0572. The highest BCUT2D eigenvalue weighted by molar-refractivity contribution is 7.89. The number of anilines is 1. The van der Waals surface area contributed by atoms with Gasteiger partial charge in [-0.05, 0) is 37.0 Å². The quantitative estimate of drug-likeness (QED) is 0.804. The van der Waals surface area contributed by atoms with E-state index in [1.165, 1.54) is 6.07 Å². The highest BCUT2D eigenvalue weighted by atomic mass is 32.2. The lowest BCUT2D eigenvalue weighted by molar-refractivity contribution is 0.316. The van der Waals surface area contributed by atoms with Crippen LogP contribution in [-0.2, 0) is 10.0 Å². The monoisotopic (exact) mass is 258 g/mol. The van der Waals surface area contributed by atoms with Gasteiger partial charge in [-0.3, -0.25) is 0 Å². The van der Waals surface area contributed by atoms with Crippen LogP contribution in [-0.4, -0.2) is 15.0 Å². The Morgan fingerprint density at radius 2 is 2.12 bits per heavy atom. The van der Waals surface area contributed by atoms with E-state index in [9.17, 15) is 12.8 Å². The Morgan fingerprint density at radius 3 is 2.65 bits per heavy atom. The normalized spacial score (nSPS) is 16.8. The maximum absolute atomic E-state index is 12.8. The van der Waals surface area contributed by atoms with Crippen LogP contribution in [0, 0.1) is 11.7 Å². The largest absolute Gasteiger partial charge is 0.398 e. The summed E-state index contributed by atoms with van der Waals surface area (Å²) in [7, 11) is -3.62. The molecule has 1 fully saturated rings. The number of nitrogens with one attached hydrogen (secondary N) is 1. The summed E-state index contributed by atoms with van der Waals surface area (Å²) in [5.74, 6) is -0.119. The van der Waals surface area contributed by atoms with Crippen molar-refractivity contribution in [1.82, 2.24) is 4.72 Å². The molecule has 0 saturated heterocycles. The van der Waals surface area contributed by atoms with Gasteiger partial charge in [0.05, 0.1) is 5.69 Å². The zero-order valence-corrected chi connectivity index (χ0v) is 10.1. The van der Waals surface area contributed by atoms with Gasteiger partial charge < -0.3 is 5.73 Å². The molecule has 0 radical (unpaired) electrons. The molecule has 1 saturated carbocycles. The van der Waals surface area contributed by atoms with Crippen molar-refractivity contribution in [1.29, 1.82) is 0 Å². The third kappa shape index (κ3) is 2.76. The highest BCUT2D eigenvalue weighted by Crippen LogP contribution is 2.26. The molecule has 1 aromatic rings. The molecule has 0 spiro atoms. The molecule has 0 bridgehead atoms. The summed E-state index contributed by atoms with van der Waals surface area (Å²) in [6.07, 6.45) is 3.27. The molecule has 4 nitrogen and oxygen atoms in total. The minimum atomic E-state index is -3.62. The van der Waals surface area contributed by atoms with E-state index in [0.29, 0.717) is 12.5 Å². The smallest absolute Gasteiger partial charge is 0.242 e. The molecule has 3 N–H and O–H groups in total. The van der Waals surface area contributed by atoms with E-state index >= 15 is 0 Å². The lowest BCUT2D eigenvalue weighted by Crippen LogP contribution is -2.32. The number of nitrogens with two attached hydrogens (primary N) is 1. The van der Waals surface area contributed by atoms with Crippen molar-refractivity contribution < 1.29 is 12.8 Å². The summed E-state index contributed by atoms with van der Waals surface area (Å²) in [6, 6.07) is 3.29. The first-order chi connectivity index (χ1) is 7.99. The predicted molar refractivity (Wildman–Crippen MR) is 63.3 cm³/mol. The minimum Gasteiger partial charge on any atom is -0.398 e. The molecule has 0 unspecified atom stereocenters. The number of hydrogen-bond donors (Lipinski definition) is 2. The summed E-state index contributed by atoms with van der Waals surface area (Å²) < 4.78 is 39.1. The Labute approximate surface area is 100 Å². The van der Waals surface area contributed by atoms with E-state index in [2.05, 4.69) is 4.72 Å². The lowest BCUT2D eigenvalue weighted by Gasteiger charge is -2.25. The molecule has 1 aliphatic carbocycles. The van der Waals surface area contributed by atoms with E-state index in [-0.39, 0.29) is 10.6 Å². The Bertz CT molecular complexity index is 512. The highest BCUT2D eigenvalue weighted by Gasteiger charge is 2.22. The number of halogens is 1.